The standard InChI is InChI=1S/C20H11Cl2F3N2O2S/c21-17-9-13(20(23,24)25)10-18(22)19(17)27-8-4-5-14(27)11-16(12-26)30(28,29)15-6-2-1-3-7-15/h1-11H/b16-11+. The van der Waals surface area contributed by atoms with Crippen molar-refractivity contribution in [2.75, 3.05) is 0 Å². The number of halogens is 5. The Morgan fingerprint density at radius 2 is 1.63 bits per heavy atom. The third-order valence-corrected chi connectivity index (χ3v) is 6.35. The van der Waals surface area contributed by atoms with Crippen molar-refractivity contribution in [1.82, 2.24) is 4.57 Å². The number of allylic oxidation sites excluding steroid dienone is 1. The van der Waals surface area contributed by atoms with E-state index >= 15 is 0 Å². The van der Waals surface area contributed by atoms with E-state index in [1.54, 1.807) is 12.1 Å². The molecule has 0 aliphatic carbocycles. The number of sulfone groups is 1. The molecule has 30 heavy (non-hydrogen) atoms. The smallest absolute Gasteiger partial charge is 0.314 e. The number of nitriles is 1. The molecule has 0 aliphatic heterocycles. The molecule has 0 amide bonds. The molecule has 0 atom stereocenters. The summed E-state index contributed by atoms with van der Waals surface area (Å²) in [6.45, 7) is 0. The Kier molecular flexibility index (Phi) is 5.99. The molecule has 1 heterocycles. The van der Waals surface area contributed by atoms with Crippen LogP contribution >= 0.6 is 23.2 Å². The average molecular weight is 471 g/mol. The lowest BCUT2D eigenvalue weighted by atomic mass is 10.2. The van der Waals surface area contributed by atoms with Crippen LogP contribution in [0.4, 0.5) is 13.2 Å². The highest BCUT2D eigenvalue weighted by Crippen LogP contribution is 2.38. The van der Waals surface area contributed by atoms with E-state index in [2.05, 4.69) is 0 Å². The first-order chi connectivity index (χ1) is 14.1. The maximum Gasteiger partial charge on any atom is 0.416 e. The summed E-state index contributed by atoms with van der Waals surface area (Å²) in [5.74, 6) is 0. The van der Waals surface area contributed by atoms with Gasteiger partial charge in [-0.05, 0) is 42.5 Å². The highest BCUT2D eigenvalue weighted by molar-refractivity contribution is 7.95. The number of benzene rings is 2. The molecule has 3 aromatic rings. The summed E-state index contributed by atoms with van der Waals surface area (Å²) in [7, 11) is -4.10. The monoisotopic (exact) mass is 470 g/mol. The lowest BCUT2D eigenvalue weighted by Crippen LogP contribution is -2.07. The van der Waals surface area contributed by atoms with Crippen molar-refractivity contribution in [3.8, 4) is 11.8 Å². The van der Waals surface area contributed by atoms with Gasteiger partial charge in [-0.1, -0.05) is 41.4 Å². The van der Waals surface area contributed by atoms with Crippen molar-refractivity contribution < 1.29 is 21.6 Å². The molecule has 0 unspecified atom stereocenters. The van der Waals surface area contributed by atoms with Crippen LogP contribution in [0.5, 0.6) is 0 Å². The number of hydrogen-bond donors (Lipinski definition) is 0. The maximum absolute atomic E-state index is 13.0. The first-order valence-electron chi connectivity index (χ1n) is 8.21. The summed E-state index contributed by atoms with van der Waals surface area (Å²) in [5, 5.41) is 8.86. The normalized spacial score (nSPS) is 12.6. The molecule has 0 saturated carbocycles. The van der Waals surface area contributed by atoms with E-state index in [9.17, 15) is 26.9 Å². The Labute approximate surface area is 180 Å². The molecule has 154 valence electrons. The largest absolute Gasteiger partial charge is 0.416 e. The van der Waals surface area contributed by atoms with Crippen LogP contribution in [-0.4, -0.2) is 13.0 Å². The van der Waals surface area contributed by atoms with Crippen LogP contribution in [0, 0.1) is 11.3 Å². The van der Waals surface area contributed by atoms with Crippen molar-refractivity contribution in [1.29, 1.82) is 5.26 Å². The van der Waals surface area contributed by atoms with Crippen LogP contribution in [0.15, 0.2) is 70.6 Å². The fraction of sp³-hybridized carbons (Fsp3) is 0.0500. The first-order valence-corrected chi connectivity index (χ1v) is 10.5. The lowest BCUT2D eigenvalue weighted by molar-refractivity contribution is -0.137. The zero-order chi connectivity index (χ0) is 22.1. The molecule has 0 spiro atoms. The molecule has 4 nitrogen and oxygen atoms in total. The summed E-state index contributed by atoms with van der Waals surface area (Å²) in [5.41, 5.74) is -0.804. The molecule has 0 saturated heterocycles. The zero-order valence-electron chi connectivity index (χ0n) is 14.9. The Balaban J connectivity index is 2.14. The number of hydrogen-bond acceptors (Lipinski definition) is 3. The van der Waals surface area contributed by atoms with Gasteiger partial charge >= 0.3 is 6.18 Å². The molecule has 0 aliphatic rings. The van der Waals surface area contributed by atoms with Gasteiger partial charge in [0.15, 0.2) is 4.91 Å². The third-order valence-electron chi connectivity index (χ3n) is 4.10. The van der Waals surface area contributed by atoms with Gasteiger partial charge in [-0.2, -0.15) is 18.4 Å². The number of nitrogens with zero attached hydrogens (tertiary/aromatic N) is 2. The molecule has 0 radical (unpaired) electrons. The summed E-state index contributed by atoms with van der Waals surface area (Å²) in [6.07, 6.45) is -2.09. The Hall–Kier alpha value is -2.73. The second kappa shape index (κ2) is 8.19. The molecular weight excluding hydrogens is 460 g/mol. The summed E-state index contributed by atoms with van der Waals surface area (Å²) < 4.78 is 65.7. The van der Waals surface area contributed by atoms with E-state index in [-0.39, 0.29) is 26.3 Å². The van der Waals surface area contributed by atoms with Gasteiger partial charge in [0, 0.05) is 11.9 Å². The van der Waals surface area contributed by atoms with Crippen molar-refractivity contribution >= 4 is 39.1 Å². The van der Waals surface area contributed by atoms with Crippen LogP contribution in [0.2, 0.25) is 10.0 Å². The minimum absolute atomic E-state index is 0.0250. The molecule has 0 fully saturated rings. The van der Waals surface area contributed by atoms with Crippen LogP contribution in [0.1, 0.15) is 11.3 Å². The minimum atomic E-state index is -4.64. The molecule has 1 aromatic heterocycles. The van der Waals surface area contributed by atoms with Crippen LogP contribution in [0.3, 0.4) is 0 Å². The van der Waals surface area contributed by atoms with Crippen LogP contribution in [0.25, 0.3) is 11.8 Å². The van der Waals surface area contributed by atoms with Gasteiger partial charge in [-0.25, -0.2) is 8.42 Å². The molecule has 10 heteroatoms. The van der Waals surface area contributed by atoms with E-state index in [1.807, 2.05) is 0 Å². The Morgan fingerprint density at radius 3 is 2.17 bits per heavy atom. The number of aromatic nitrogens is 1. The van der Waals surface area contributed by atoms with Gasteiger partial charge in [-0.15, -0.1) is 0 Å². The van der Waals surface area contributed by atoms with E-state index in [4.69, 9.17) is 23.2 Å². The highest BCUT2D eigenvalue weighted by Gasteiger charge is 2.32. The quantitative estimate of drug-likeness (QED) is 0.430. The summed E-state index contributed by atoms with van der Waals surface area (Å²) in [6, 6.07) is 13.5. The fourth-order valence-electron chi connectivity index (χ4n) is 2.71. The van der Waals surface area contributed by atoms with E-state index in [1.165, 1.54) is 47.2 Å². The highest BCUT2D eigenvalue weighted by atomic mass is 35.5. The van der Waals surface area contributed by atoms with Gasteiger partial charge in [-0.3, -0.25) is 0 Å². The maximum atomic E-state index is 13.0. The van der Waals surface area contributed by atoms with Crippen molar-refractivity contribution in [2.45, 2.75) is 11.1 Å². The predicted octanol–water partition coefficient (Wildman–Crippen LogP) is 6.14. The summed E-state index contributed by atoms with van der Waals surface area (Å²) in [4.78, 5) is -0.616. The molecular formula is C20H11Cl2F3N2O2S. The Bertz CT molecular complexity index is 1250. The SMILES string of the molecule is N#C/C(=C\c1cccn1-c1c(Cl)cc(C(F)(F)F)cc1Cl)S(=O)(=O)c1ccccc1. The van der Waals surface area contributed by atoms with Gasteiger partial charge in [0.05, 0.1) is 26.2 Å². The van der Waals surface area contributed by atoms with Gasteiger partial charge in [0.2, 0.25) is 9.84 Å². The van der Waals surface area contributed by atoms with Gasteiger partial charge in [0.1, 0.15) is 6.07 Å². The number of alkyl halides is 3. The lowest BCUT2D eigenvalue weighted by Gasteiger charge is -2.15. The zero-order valence-corrected chi connectivity index (χ0v) is 17.2. The van der Waals surface area contributed by atoms with Crippen LogP contribution < -0.4 is 0 Å². The molecule has 2 aromatic carbocycles. The first kappa shape index (κ1) is 22.0. The third kappa shape index (κ3) is 4.24. The molecule has 0 N–H and O–H groups in total. The van der Waals surface area contributed by atoms with Crippen molar-refractivity contribution in [3.63, 3.8) is 0 Å². The second-order valence-electron chi connectivity index (χ2n) is 6.03. The van der Waals surface area contributed by atoms with Crippen molar-refractivity contribution in [2.24, 2.45) is 0 Å². The van der Waals surface area contributed by atoms with Crippen LogP contribution in [-0.2, 0) is 16.0 Å². The van der Waals surface area contributed by atoms with E-state index in [0.29, 0.717) is 0 Å². The van der Waals surface area contributed by atoms with Gasteiger partial charge < -0.3 is 4.57 Å². The Morgan fingerprint density at radius 1 is 1.03 bits per heavy atom. The average Bonchev–Trinajstić information content (AvgIpc) is 3.13. The second-order valence-corrected chi connectivity index (χ2v) is 8.76. The minimum Gasteiger partial charge on any atom is -0.314 e. The van der Waals surface area contributed by atoms with E-state index in [0.717, 1.165) is 18.2 Å². The predicted molar refractivity (Wildman–Crippen MR) is 108 cm³/mol. The topological polar surface area (TPSA) is 62.9 Å². The van der Waals surface area contributed by atoms with Gasteiger partial charge in [0.25, 0.3) is 0 Å². The fourth-order valence-corrected chi connectivity index (χ4v) is 4.54. The number of rotatable bonds is 4. The molecule has 3 rings (SSSR count). The summed E-state index contributed by atoms with van der Waals surface area (Å²) >= 11 is 12.1. The van der Waals surface area contributed by atoms with E-state index < -0.39 is 26.5 Å². The van der Waals surface area contributed by atoms with Crippen molar-refractivity contribution in [3.05, 3.63) is 87.0 Å². The molecule has 0 bridgehead atoms.